The molecule has 1 N–H and O–H groups in total. The minimum atomic E-state index is -2.31. The minimum Gasteiger partial charge on any atom is -0.445 e. The van der Waals surface area contributed by atoms with E-state index >= 15 is 0 Å². The Morgan fingerprint density at radius 1 is 1.23 bits per heavy atom. The molecule has 6 heteroatoms. The molecule has 1 rings (SSSR count). The van der Waals surface area contributed by atoms with Gasteiger partial charge in [-0.2, -0.15) is 0 Å². The molecule has 0 heterocycles. The Hall–Kier alpha value is -1.82. The van der Waals surface area contributed by atoms with E-state index in [-0.39, 0.29) is 18.3 Å². The van der Waals surface area contributed by atoms with Gasteiger partial charge < -0.3 is 10.1 Å². The van der Waals surface area contributed by atoms with Crippen molar-refractivity contribution < 1.29 is 18.5 Å². The van der Waals surface area contributed by atoms with E-state index in [1.54, 1.807) is 13.8 Å². The second-order valence-corrected chi connectivity index (χ2v) is 8.61. The van der Waals surface area contributed by atoms with Crippen molar-refractivity contribution in [1.29, 1.82) is 0 Å². The number of Topliss-reactive ketones (excluding diaryl/α,β-unsaturated/α-hetero) is 1. The van der Waals surface area contributed by atoms with Crippen LogP contribution < -0.4 is 5.32 Å². The third-order valence-corrected chi connectivity index (χ3v) is 3.66. The van der Waals surface area contributed by atoms with Gasteiger partial charge in [0, 0.05) is 17.9 Å². The van der Waals surface area contributed by atoms with Crippen molar-refractivity contribution >= 4 is 26.8 Å². The van der Waals surface area contributed by atoms with E-state index in [0.717, 1.165) is 5.56 Å². The quantitative estimate of drug-likeness (QED) is 0.810. The Morgan fingerprint density at radius 2 is 1.82 bits per heavy atom. The molecule has 0 saturated carbocycles. The lowest BCUT2D eigenvalue weighted by Crippen LogP contribution is -2.45. The first-order valence-corrected chi connectivity index (χ1v) is 9.43. The number of ether oxygens (including phenoxy) is 1. The van der Waals surface area contributed by atoms with Crippen LogP contribution in [0, 0.1) is 5.92 Å². The van der Waals surface area contributed by atoms with Crippen molar-refractivity contribution in [3.05, 3.63) is 35.9 Å². The third kappa shape index (κ3) is 6.76. The average molecular weight is 325 g/mol. The topological polar surface area (TPSA) is 72.5 Å². The molecule has 1 aromatic rings. The number of ketones is 1. The second kappa shape index (κ2) is 7.98. The minimum absolute atomic E-state index is 0.130. The molecule has 5 nitrogen and oxygen atoms in total. The SMILES string of the molecule is CC(C)[C@H](NC(=O)OCc1ccccc1)C(=O)C=S(C)(C)=O. The smallest absolute Gasteiger partial charge is 0.408 e. The molecular formula is C16H23NO4S. The van der Waals surface area contributed by atoms with E-state index in [9.17, 15) is 13.8 Å². The van der Waals surface area contributed by atoms with E-state index in [0.29, 0.717) is 0 Å². The lowest BCUT2D eigenvalue weighted by atomic mass is 10.0. The summed E-state index contributed by atoms with van der Waals surface area (Å²) in [6, 6.07) is 8.52. The molecular weight excluding hydrogens is 302 g/mol. The van der Waals surface area contributed by atoms with Crippen molar-refractivity contribution in [3.63, 3.8) is 0 Å². The van der Waals surface area contributed by atoms with Gasteiger partial charge in [0.25, 0.3) is 0 Å². The van der Waals surface area contributed by atoms with Gasteiger partial charge in [-0.15, -0.1) is 0 Å². The maximum absolute atomic E-state index is 12.1. The third-order valence-electron chi connectivity index (χ3n) is 2.86. The van der Waals surface area contributed by atoms with Gasteiger partial charge in [0.1, 0.15) is 6.61 Å². The van der Waals surface area contributed by atoms with Gasteiger partial charge in [0.15, 0.2) is 5.78 Å². The van der Waals surface area contributed by atoms with Crippen molar-refractivity contribution in [1.82, 2.24) is 5.32 Å². The van der Waals surface area contributed by atoms with Gasteiger partial charge in [-0.1, -0.05) is 44.2 Å². The number of benzene rings is 1. The molecule has 0 saturated heterocycles. The Kier molecular flexibility index (Phi) is 6.61. The van der Waals surface area contributed by atoms with E-state index < -0.39 is 21.7 Å². The lowest BCUT2D eigenvalue weighted by molar-refractivity contribution is -0.115. The van der Waals surface area contributed by atoms with Crippen LogP contribution in [0.2, 0.25) is 0 Å². The van der Waals surface area contributed by atoms with Crippen LogP contribution in [-0.4, -0.2) is 40.0 Å². The maximum Gasteiger partial charge on any atom is 0.408 e. The van der Waals surface area contributed by atoms with Gasteiger partial charge in [-0.05, 0) is 21.0 Å². The number of hydrogen-bond acceptors (Lipinski definition) is 4. The summed E-state index contributed by atoms with van der Waals surface area (Å²) in [5.74, 6) is -0.489. The zero-order valence-electron chi connectivity index (χ0n) is 13.4. The van der Waals surface area contributed by atoms with Gasteiger partial charge in [0.05, 0.1) is 6.04 Å². The number of carbonyl (C=O) groups is 2. The van der Waals surface area contributed by atoms with Crippen molar-refractivity contribution in [2.45, 2.75) is 26.5 Å². The van der Waals surface area contributed by atoms with Crippen LogP contribution >= 0.6 is 0 Å². The first-order chi connectivity index (χ1) is 10.2. The van der Waals surface area contributed by atoms with Crippen molar-refractivity contribution in [2.75, 3.05) is 12.5 Å². The number of amides is 1. The molecule has 1 aromatic carbocycles. The predicted molar refractivity (Wildman–Crippen MR) is 89.5 cm³/mol. The zero-order chi connectivity index (χ0) is 16.8. The maximum atomic E-state index is 12.1. The molecule has 0 aliphatic heterocycles. The first-order valence-electron chi connectivity index (χ1n) is 6.99. The van der Waals surface area contributed by atoms with Gasteiger partial charge in [-0.3, -0.25) is 9.00 Å². The normalized spacial score (nSPS) is 12.6. The van der Waals surface area contributed by atoms with Gasteiger partial charge in [0.2, 0.25) is 0 Å². The fourth-order valence-electron chi connectivity index (χ4n) is 1.81. The molecule has 0 aliphatic rings. The summed E-state index contributed by atoms with van der Waals surface area (Å²) < 4.78 is 16.8. The summed E-state index contributed by atoms with van der Waals surface area (Å²) in [6.45, 7) is 3.75. The molecule has 0 spiro atoms. The van der Waals surface area contributed by atoms with Crippen LogP contribution in [0.1, 0.15) is 19.4 Å². The number of hydrogen-bond donors (Lipinski definition) is 1. The van der Waals surface area contributed by atoms with Crippen LogP contribution in [0.4, 0.5) is 4.79 Å². The molecule has 1 amide bonds. The molecule has 0 aliphatic carbocycles. The fraction of sp³-hybridized carbons (Fsp3) is 0.438. The number of rotatable bonds is 6. The van der Waals surface area contributed by atoms with Crippen molar-refractivity contribution in [2.24, 2.45) is 5.92 Å². The van der Waals surface area contributed by atoms with Crippen molar-refractivity contribution in [3.8, 4) is 0 Å². The molecule has 1 atom stereocenters. The second-order valence-electron chi connectivity index (χ2n) is 5.76. The molecule has 0 bridgehead atoms. The van der Waals surface area contributed by atoms with Crippen LogP contribution in [0.5, 0.6) is 0 Å². The highest BCUT2D eigenvalue weighted by Gasteiger charge is 2.23. The number of nitrogens with one attached hydrogen (secondary N) is 1. The molecule has 122 valence electrons. The molecule has 0 fully saturated rings. The molecule has 0 unspecified atom stereocenters. The zero-order valence-corrected chi connectivity index (χ0v) is 14.2. The largest absolute Gasteiger partial charge is 0.445 e. The van der Waals surface area contributed by atoms with Crippen LogP contribution in [0.3, 0.4) is 0 Å². The first kappa shape index (κ1) is 18.2. The fourth-order valence-corrected chi connectivity index (χ4v) is 2.52. The van der Waals surface area contributed by atoms with E-state index in [1.807, 2.05) is 30.3 Å². The highest BCUT2D eigenvalue weighted by atomic mass is 32.2. The van der Waals surface area contributed by atoms with E-state index in [4.69, 9.17) is 4.74 Å². The summed E-state index contributed by atoms with van der Waals surface area (Å²) in [5, 5.41) is 3.72. The van der Waals surface area contributed by atoms with Gasteiger partial charge >= 0.3 is 6.09 Å². The predicted octanol–water partition coefficient (Wildman–Crippen LogP) is 1.85. The Bertz CT molecular complexity index is 623. The number of carbonyl (C=O) groups excluding carboxylic acids is 2. The highest BCUT2D eigenvalue weighted by Crippen LogP contribution is 2.05. The Balaban J connectivity index is 2.65. The standard InChI is InChI=1S/C16H23NO4S/c1-12(2)15(14(18)11-22(3,4)20)17-16(19)21-10-13-8-6-5-7-9-13/h5-9,11-12,15H,10H2,1-4H3,(H,17,19)/t15-/m0/s1. The summed E-state index contributed by atoms with van der Waals surface area (Å²) in [5.41, 5.74) is 0.863. The lowest BCUT2D eigenvalue weighted by Gasteiger charge is -2.19. The summed E-state index contributed by atoms with van der Waals surface area (Å²) in [7, 11) is -2.31. The highest BCUT2D eigenvalue weighted by molar-refractivity contribution is 8.01. The molecule has 22 heavy (non-hydrogen) atoms. The average Bonchev–Trinajstić information content (AvgIpc) is 2.41. The summed E-state index contributed by atoms with van der Waals surface area (Å²) in [4.78, 5) is 23.9. The summed E-state index contributed by atoms with van der Waals surface area (Å²) in [6.07, 6.45) is 2.30. The van der Waals surface area contributed by atoms with Crippen LogP contribution in [-0.2, 0) is 25.7 Å². The Morgan fingerprint density at radius 3 is 2.32 bits per heavy atom. The van der Waals surface area contributed by atoms with Crippen LogP contribution in [0.25, 0.3) is 0 Å². The van der Waals surface area contributed by atoms with E-state index in [1.165, 1.54) is 17.9 Å². The van der Waals surface area contributed by atoms with E-state index in [2.05, 4.69) is 5.32 Å². The van der Waals surface area contributed by atoms with Gasteiger partial charge in [-0.25, -0.2) is 4.79 Å². The number of alkyl carbamates (subject to hydrolysis) is 1. The monoisotopic (exact) mass is 325 g/mol. The summed E-state index contributed by atoms with van der Waals surface area (Å²) >= 11 is 0. The molecule has 0 aromatic heterocycles. The Labute approximate surface area is 132 Å². The van der Waals surface area contributed by atoms with Crippen LogP contribution in [0.15, 0.2) is 30.3 Å². The molecule has 0 radical (unpaired) electrons.